The molecule has 2 saturated heterocycles. The van der Waals surface area contributed by atoms with E-state index >= 15 is 0 Å². The Bertz CT molecular complexity index is 1310. The number of alkyl carbamates (subject to hydrolysis) is 1. The van der Waals surface area contributed by atoms with E-state index in [1.807, 2.05) is 105 Å². The first-order valence-electron chi connectivity index (χ1n) is 18.9. The number of carbonyl (C=O) groups excluding carboxylic acids is 3. The van der Waals surface area contributed by atoms with Gasteiger partial charge in [-0.3, -0.25) is 14.9 Å². The minimum absolute atomic E-state index is 0.0778. The third-order valence-electron chi connectivity index (χ3n) is 9.87. The van der Waals surface area contributed by atoms with E-state index < -0.39 is 47.0 Å². The summed E-state index contributed by atoms with van der Waals surface area (Å²) in [4.78, 5) is 42.7. The molecule has 0 aliphatic carbocycles. The van der Waals surface area contributed by atoms with Crippen LogP contribution in [-0.4, -0.2) is 91.8 Å². The Balaban J connectivity index is 1.79. The molecule has 11 heteroatoms. The van der Waals surface area contributed by atoms with Gasteiger partial charge in [-0.1, -0.05) is 70.2 Å². The van der Waals surface area contributed by atoms with Gasteiger partial charge in [0.05, 0.1) is 18.0 Å². The van der Waals surface area contributed by atoms with E-state index in [2.05, 4.69) is 29.8 Å². The normalized spacial score (nSPS) is 22.2. The van der Waals surface area contributed by atoms with Gasteiger partial charge in [-0.25, -0.2) is 4.79 Å². The van der Waals surface area contributed by atoms with Gasteiger partial charge in [-0.15, -0.1) is 0 Å². The third kappa shape index (κ3) is 12.6. The van der Waals surface area contributed by atoms with Crippen LogP contribution in [0.25, 0.3) is 0 Å². The van der Waals surface area contributed by atoms with Gasteiger partial charge in [-0.05, 0) is 104 Å². The highest BCUT2D eigenvalue weighted by Gasteiger charge is 2.46. The van der Waals surface area contributed by atoms with Gasteiger partial charge in [-0.2, -0.15) is 5.06 Å². The first-order chi connectivity index (χ1) is 23.6. The number of amides is 3. The van der Waals surface area contributed by atoms with Gasteiger partial charge < -0.3 is 30.6 Å². The third-order valence-corrected chi connectivity index (χ3v) is 9.87. The molecule has 1 unspecified atom stereocenters. The second-order valence-electron chi connectivity index (χ2n) is 17.7. The summed E-state index contributed by atoms with van der Waals surface area (Å²) in [5.41, 5.74) is -0.634. The van der Waals surface area contributed by atoms with E-state index in [0.717, 1.165) is 5.56 Å². The topological polar surface area (TPSA) is 143 Å². The Morgan fingerprint density at radius 1 is 0.980 bits per heavy atom. The number of nitrogens with zero attached hydrogens (tertiary/aromatic N) is 2. The van der Waals surface area contributed by atoms with Crippen molar-refractivity contribution < 1.29 is 29.4 Å². The highest BCUT2D eigenvalue weighted by Crippen LogP contribution is 2.37. The lowest BCUT2D eigenvalue weighted by Gasteiger charge is -2.52. The molecule has 0 bridgehead atoms. The molecule has 0 aromatic heterocycles. The highest BCUT2D eigenvalue weighted by molar-refractivity contribution is 5.90. The molecular formula is C40H67N5O6. The summed E-state index contributed by atoms with van der Waals surface area (Å²) in [6.45, 7) is 21.9. The standard InChI is InChI=1S/C40H67N5O6/c1-26(2)22-30(42-37(49)51-38(5,6)7)20-19-29(23-28-16-13-12-14-17-28)36(48)44-21-15-18-32(44)34(46)43-33(27(3)4)35(47)41-31-24-39(8,9)45(50)40(10,11)25-31/h12-14,16-17,19-20,26-27,29-33,35,41,47,50H,15,18,21-25H2,1-11H3,(H,42,49)(H,43,46)/b20-19+/t29-,30-,32+,33+,35?/m1/s1. The van der Waals surface area contributed by atoms with E-state index in [0.29, 0.717) is 45.1 Å². The fraction of sp³-hybridized carbons (Fsp3) is 0.725. The molecule has 3 rings (SSSR count). The van der Waals surface area contributed by atoms with Crippen molar-refractivity contribution >= 4 is 17.9 Å². The number of aliphatic hydroxyl groups is 1. The molecule has 5 atom stereocenters. The number of aliphatic hydroxyl groups excluding tert-OH is 1. The summed E-state index contributed by atoms with van der Waals surface area (Å²) in [5.74, 6) is -0.798. The van der Waals surface area contributed by atoms with Crippen LogP contribution in [0, 0.1) is 17.8 Å². The van der Waals surface area contributed by atoms with E-state index in [9.17, 15) is 24.7 Å². The molecule has 11 nitrogen and oxygen atoms in total. The number of hydrogen-bond acceptors (Lipinski definition) is 8. The van der Waals surface area contributed by atoms with Crippen LogP contribution in [0.1, 0.15) is 114 Å². The summed E-state index contributed by atoms with van der Waals surface area (Å²) in [6.07, 6.45) is 5.80. The average molecular weight is 714 g/mol. The highest BCUT2D eigenvalue weighted by atomic mass is 16.6. The lowest BCUT2D eigenvalue weighted by molar-refractivity contribution is -0.247. The van der Waals surface area contributed by atoms with Crippen LogP contribution >= 0.6 is 0 Å². The number of hydrogen-bond donors (Lipinski definition) is 5. The molecule has 2 heterocycles. The molecule has 0 spiro atoms. The van der Waals surface area contributed by atoms with Gasteiger partial charge in [0, 0.05) is 23.7 Å². The number of piperidine rings is 1. The van der Waals surface area contributed by atoms with Gasteiger partial charge in [0.25, 0.3) is 0 Å². The van der Waals surface area contributed by atoms with Crippen LogP contribution in [0.2, 0.25) is 0 Å². The summed E-state index contributed by atoms with van der Waals surface area (Å²) < 4.78 is 5.51. The van der Waals surface area contributed by atoms with Crippen LogP contribution in [0.3, 0.4) is 0 Å². The van der Waals surface area contributed by atoms with Crippen molar-refractivity contribution in [1.29, 1.82) is 0 Å². The predicted octanol–water partition coefficient (Wildman–Crippen LogP) is 5.79. The monoisotopic (exact) mass is 714 g/mol. The lowest BCUT2D eigenvalue weighted by Crippen LogP contribution is -2.65. The molecule has 288 valence electrons. The van der Waals surface area contributed by atoms with E-state index in [4.69, 9.17) is 4.74 Å². The lowest BCUT2D eigenvalue weighted by atomic mass is 9.78. The molecule has 3 amide bonds. The zero-order valence-electron chi connectivity index (χ0n) is 33.0. The Kier molecular flexibility index (Phi) is 14.7. The number of benzene rings is 1. The predicted molar refractivity (Wildman–Crippen MR) is 201 cm³/mol. The summed E-state index contributed by atoms with van der Waals surface area (Å²) in [7, 11) is 0. The second-order valence-corrected chi connectivity index (χ2v) is 17.7. The van der Waals surface area contributed by atoms with E-state index in [-0.39, 0.29) is 35.7 Å². The van der Waals surface area contributed by atoms with Gasteiger partial charge in [0.15, 0.2) is 0 Å². The van der Waals surface area contributed by atoms with Crippen LogP contribution in [0.15, 0.2) is 42.5 Å². The molecule has 5 N–H and O–H groups in total. The number of rotatable bonds is 14. The van der Waals surface area contributed by atoms with E-state index in [1.165, 1.54) is 5.06 Å². The molecule has 0 saturated carbocycles. The maximum absolute atomic E-state index is 14.4. The van der Waals surface area contributed by atoms with Crippen molar-refractivity contribution in [1.82, 2.24) is 25.9 Å². The quantitative estimate of drug-likeness (QED) is 0.121. The van der Waals surface area contributed by atoms with Gasteiger partial charge >= 0.3 is 6.09 Å². The van der Waals surface area contributed by atoms with Crippen molar-refractivity contribution in [3.05, 3.63) is 48.0 Å². The molecule has 2 aliphatic rings. The molecule has 51 heavy (non-hydrogen) atoms. The fourth-order valence-corrected chi connectivity index (χ4v) is 7.65. The number of ether oxygens (including phenoxy) is 1. The maximum Gasteiger partial charge on any atom is 0.408 e. The maximum atomic E-state index is 14.4. The summed E-state index contributed by atoms with van der Waals surface area (Å²) in [5, 5.41) is 33.0. The Hall–Kier alpha value is -2.99. The van der Waals surface area contributed by atoms with Crippen LogP contribution < -0.4 is 16.0 Å². The van der Waals surface area contributed by atoms with Crippen LogP contribution in [0.4, 0.5) is 4.79 Å². The Morgan fingerprint density at radius 2 is 1.59 bits per heavy atom. The first-order valence-corrected chi connectivity index (χ1v) is 18.9. The first kappa shape index (κ1) is 42.4. The van der Waals surface area contributed by atoms with Crippen molar-refractivity contribution in [3.8, 4) is 0 Å². The largest absolute Gasteiger partial charge is 0.444 e. The SMILES string of the molecule is CC(C)C[C@@H](/C=C/[C@H](Cc1ccccc1)C(=O)N1CCC[C@H]1C(=O)N[C@@H](C(C)C)C(O)NC1CC(C)(C)N(O)C(C)(C)C1)NC(=O)OC(C)(C)C. The molecule has 0 radical (unpaired) electrons. The molecular weight excluding hydrogens is 646 g/mol. The Morgan fingerprint density at radius 3 is 2.14 bits per heavy atom. The molecule has 2 fully saturated rings. The van der Waals surface area contributed by atoms with Crippen LogP contribution in [0.5, 0.6) is 0 Å². The van der Waals surface area contributed by atoms with Crippen molar-refractivity contribution in [2.24, 2.45) is 17.8 Å². The summed E-state index contributed by atoms with van der Waals surface area (Å²) >= 11 is 0. The second kappa shape index (κ2) is 17.7. The minimum atomic E-state index is -1.02. The van der Waals surface area contributed by atoms with Gasteiger partial charge in [0.2, 0.25) is 11.8 Å². The zero-order chi connectivity index (χ0) is 38.3. The molecule has 1 aromatic carbocycles. The minimum Gasteiger partial charge on any atom is -0.444 e. The van der Waals surface area contributed by atoms with Crippen molar-refractivity contribution in [2.75, 3.05) is 6.54 Å². The number of nitrogens with one attached hydrogen (secondary N) is 3. The van der Waals surface area contributed by atoms with Crippen molar-refractivity contribution in [3.63, 3.8) is 0 Å². The Labute approximate surface area is 306 Å². The van der Waals surface area contributed by atoms with Crippen molar-refractivity contribution in [2.45, 2.75) is 162 Å². The van der Waals surface area contributed by atoms with Crippen LogP contribution in [-0.2, 0) is 20.7 Å². The van der Waals surface area contributed by atoms with Gasteiger partial charge in [0.1, 0.15) is 17.9 Å². The smallest absolute Gasteiger partial charge is 0.408 e. The van der Waals surface area contributed by atoms with E-state index in [1.54, 1.807) is 4.90 Å². The summed E-state index contributed by atoms with van der Waals surface area (Å²) in [6, 6.07) is 8.12. The fourth-order valence-electron chi connectivity index (χ4n) is 7.65. The molecule has 1 aromatic rings. The molecule has 2 aliphatic heterocycles. The number of carbonyl (C=O) groups is 3. The number of hydroxylamine groups is 2. The zero-order valence-corrected chi connectivity index (χ0v) is 33.0. The average Bonchev–Trinajstić information content (AvgIpc) is 3.49. The number of likely N-dealkylation sites (tertiary alicyclic amines) is 1.